The van der Waals surface area contributed by atoms with Crippen LogP contribution in [0.15, 0.2) is 24.4 Å². The van der Waals surface area contributed by atoms with Crippen molar-refractivity contribution in [1.29, 1.82) is 0 Å². The number of nitrogens with zero attached hydrogens (tertiary/aromatic N) is 2. The molecule has 0 radical (unpaired) electrons. The lowest BCUT2D eigenvalue weighted by Crippen LogP contribution is -2.43. The van der Waals surface area contributed by atoms with Gasteiger partial charge in [0.05, 0.1) is 5.52 Å². The number of pyridine rings is 1. The summed E-state index contributed by atoms with van der Waals surface area (Å²) in [5, 5.41) is 0.969. The van der Waals surface area contributed by atoms with Crippen LogP contribution in [-0.2, 0) is 4.74 Å². The van der Waals surface area contributed by atoms with Crippen molar-refractivity contribution in [1.82, 2.24) is 4.98 Å². The van der Waals surface area contributed by atoms with Gasteiger partial charge in [-0.2, -0.15) is 0 Å². The van der Waals surface area contributed by atoms with Crippen LogP contribution in [0.5, 0.6) is 0 Å². The van der Waals surface area contributed by atoms with Gasteiger partial charge in [0, 0.05) is 35.9 Å². The highest BCUT2D eigenvalue weighted by atomic mass is 19.1. The normalized spacial score (nSPS) is 20.7. The molecule has 1 amide bonds. The van der Waals surface area contributed by atoms with E-state index in [4.69, 9.17) is 10.5 Å². The lowest BCUT2D eigenvalue weighted by molar-refractivity contribution is 0.0229. The number of aromatic nitrogens is 1. The van der Waals surface area contributed by atoms with Crippen LogP contribution in [0.25, 0.3) is 10.9 Å². The number of carbonyl (C=O) groups is 1. The van der Waals surface area contributed by atoms with Crippen LogP contribution in [0.3, 0.4) is 0 Å². The van der Waals surface area contributed by atoms with E-state index in [2.05, 4.69) is 16.8 Å². The number of rotatable bonds is 4. The third-order valence-corrected chi connectivity index (χ3v) is 5.30. The van der Waals surface area contributed by atoms with Gasteiger partial charge in [-0.05, 0) is 63.6 Å². The smallest absolute Gasteiger partial charge is 0.405 e. The molecule has 5 nitrogen and oxygen atoms in total. The van der Waals surface area contributed by atoms with Crippen molar-refractivity contribution < 1.29 is 13.9 Å². The van der Waals surface area contributed by atoms with Gasteiger partial charge in [0.1, 0.15) is 11.4 Å². The quantitative estimate of drug-likeness (QED) is 0.862. The molecule has 2 aromatic rings. The van der Waals surface area contributed by atoms with Gasteiger partial charge >= 0.3 is 6.09 Å². The lowest BCUT2D eigenvalue weighted by Gasteiger charge is -2.41. The number of carbonyl (C=O) groups excluding carboxylic acids is 1. The lowest BCUT2D eigenvalue weighted by atomic mass is 9.83. The molecule has 0 unspecified atom stereocenters. The van der Waals surface area contributed by atoms with E-state index >= 15 is 0 Å². The second-order valence-corrected chi connectivity index (χ2v) is 8.40. The van der Waals surface area contributed by atoms with Crippen LogP contribution in [0.4, 0.5) is 14.9 Å². The fourth-order valence-electron chi connectivity index (χ4n) is 4.43. The van der Waals surface area contributed by atoms with Crippen molar-refractivity contribution in [2.45, 2.75) is 46.1 Å². The molecular formula is C21H28FN3O2. The number of ether oxygens (including phenoxy) is 1. The van der Waals surface area contributed by atoms with E-state index in [0.717, 1.165) is 30.6 Å². The van der Waals surface area contributed by atoms with Gasteiger partial charge in [0.2, 0.25) is 0 Å². The molecule has 6 heteroatoms. The summed E-state index contributed by atoms with van der Waals surface area (Å²) in [5.74, 6) is 0.534. The van der Waals surface area contributed by atoms with Crippen LogP contribution in [0.1, 0.15) is 39.2 Å². The maximum atomic E-state index is 14.5. The number of anilines is 1. The highest BCUT2D eigenvalue weighted by molar-refractivity contribution is 5.94. The molecule has 0 spiro atoms. The second kappa shape index (κ2) is 7.33. The number of piperidine rings is 1. The Kier molecular flexibility index (Phi) is 5.27. The maximum absolute atomic E-state index is 14.5. The van der Waals surface area contributed by atoms with Gasteiger partial charge < -0.3 is 15.4 Å². The highest BCUT2D eigenvalue weighted by Crippen LogP contribution is 2.36. The molecule has 146 valence electrons. The summed E-state index contributed by atoms with van der Waals surface area (Å²) in [5.41, 5.74) is 6.74. The molecule has 0 aliphatic carbocycles. The number of aryl methyl sites for hydroxylation is 1. The molecule has 2 atom stereocenters. The highest BCUT2D eigenvalue weighted by Gasteiger charge is 2.32. The van der Waals surface area contributed by atoms with Gasteiger partial charge in [-0.3, -0.25) is 4.98 Å². The standard InChI is InChI=1S/C21H28FN3O2/c1-13-8-15(10-21(3,4)27-20(23)26)12-25(11-13)18-9-17(22)14(2)19-16(18)6-5-7-24-19/h5-7,9,13,15H,8,10-12H2,1-4H3,(H2,23,26)/t13-,15+/m0/s1. The van der Waals surface area contributed by atoms with Crippen LogP contribution < -0.4 is 10.6 Å². The van der Waals surface area contributed by atoms with E-state index in [9.17, 15) is 9.18 Å². The molecule has 3 rings (SSSR count). The van der Waals surface area contributed by atoms with Gasteiger partial charge in [-0.25, -0.2) is 9.18 Å². The van der Waals surface area contributed by atoms with E-state index < -0.39 is 11.7 Å². The molecular weight excluding hydrogens is 345 g/mol. The molecule has 1 aromatic heterocycles. The van der Waals surface area contributed by atoms with Gasteiger partial charge in [0.25, 0.3) is 0 Å². The van der Waals surface area contributed by atoms with E-state index in [1.54, 1.807) is 19.2 Å². The van der Waals surface area contributed by atoms with Crippen molar-refractivity contribution >= 4 is 22.7 Å². The number of fused-ring (bicyclic) bond motifs is 1. The van der Waals surface area contributed by atoms with E-state index in [1.807, 2.05) is 26.0 Å². The van der Waals surface area contributed by atoms with Crippen molar-refractivity contribution in [3.63, 3.8) is 0 Å². The number of hydrogen-bond donors (Lipinski definition) is 1. The largest absolute Gasteiger partial charge is 0.444 e. The minimum Gasteiger partial charge on any atom is -0.444 e. The molecule has 0 saturated carbocycles. The fraction of sp³-hybridized carbons (Fsp3) is 0.524. The molecule has 1 saturated heterocycles. The molecule has 1 fully saturated rings. The minimum atomic E-state index is -0.751. The van der Waals surface area contributed by atoms with Gasteiger partial charge in [-0.1, -0.05) is 6.92 Å². The van der Waals surface area contributed by atoms with Crippen molar-refractivity contribution in [2.75, 3.05) is 18.0 Å². The molecule has 1 aromatic carbocycles. The summed E-state index contributed by atoms with van der Waals surface area (Å²) >= 11 is 0. The molecule has 1 aliphatic rings. The minimum absolute atomic E-state index is 0.233. The van der Waals surface area contributed by atoms with Crippen molar-refractivity contribution in [3.05, 3.63) is 35.8 Å². The van der Waals surface area contributed by atoms with E-state index in [1.165, 1.54) is 0 Å². The number of nitrogens with two attached hydrogens (primary N) is 1. The monoisotopic (exact) mass is 373 g/mol. The summed E-state index contributed by atoms with van der Waals surface area (Å²) in [7, 11) is 0. The first-order valence-electron chi connectivity index (χ1n) is 9.43. The average Bonchev–Trinajstić information content (AvgIpc) is 2.56. The van der Waals surface area contributed by atoms with Crippen LogP contribution in [0.2, 0.25) is 0 Å². The number of benzene rings is 1. The zero-order valence-corrected chi connectivity index (χ0v) is 16.5. The fourth-order valence-corrected chi connectivity index (χ4v) is 4.43. The summed E-state index contributed by atoms with van der Waals surface area (Å²) in [4.78, 5) is 17.8. The van der Waals surface area contributed by atoms with E-state index in [0.29, 0.717) is 29.3 Å². The molecule has 27 heavy (non-hydrogen) atoms. The topological polar surface area (TPSA) is 68.5 Å². The van der Waals surface area contributed by atoms with Crippen molar-refractivity contribution in [2.24, 2.45) is 17.6 Å². The van der Waals surface area contributed by atoms with E-state index in [-0.39, 0.29) is 5.82 Å². The summed E-state index contributed by atoms with van der Waals surface area (Å²) < 4.78 is 19.8. The Labute approximate surface area is 159 Å². The van der Waals surface area contributed by atoms with Crippen molar-refractivity contribution in [3.8, 4) is 0 Å². The number of halogens is 1. The Morgan fingerprint density at radius 3 is 2.89 bits per heavy atom. The summed E-state index contributed by atoms with van der Waals surface area (Å²) in [6.07, 6.45) is 2.69. The summed E-state index contributed by atoms with van der Waals surface area (Å²) in [6, 6.07) is 5.51. The van der Waals surface area contributed by atoms with Crippen LogP contribution in [-0.4, -0.2) is 29.8 Å². The predicted molar refractivity (Wildman–Crippen MR) is 105 cm³/mol. The Morgan fingerprint density at radius 1 is 1.44 bits per heavy atom. The first-order valence-corrected chi connectivity index (χ1v) is 9.43. The number of amides is 1. The second-order valence-electron chi connectivity index (χ2n) is 8.40. The first kappa shape index (κ1) is 19.4. The maximum Gasteiger partial charge on any atom is 0.405 e. The van der Waals surface area contributed by atoms with Gasteiger partial charge in [-0.15, -0.1) is 0 Å². The third kappa shape index (κ3) is 4.31. The Hall–Kier alpha value is -2.37. The first-order chi connectivity index (χ1) is 12.7. The Morgan fingerprint density at radius 2 is 2.19 bits per heavy atom. The Balaban J connectivity index is 1.90. The van der Waals surface area contributed by atoms with Gasteiger partial charge in [0.15, 0.2) is 0 Å². The third-order valence-electron chi connectivity index (χ3n) is 5.30. The predicted octanol–water partition coefficient (Wildman–Crippen LogP) is 4.41. The SMILES string of the molecule is Cc1c(F)cc(N2C[C@@H](C)C[C@H](CC(C)(C)OC(N)=O)C2)c2cccnc12. The van der Waals surface area contributed by atoms with Crippen LogP contribution >= 0.6 is 0 Å². The zero-order valence-electron chi connectivity index (χ0n) is 16.5. The molecule has 2 N–H and O–H groups in total. The molecule has 1 aliphatic heterocycles. The average molecular weight is 373 g/mol. The Bertz CT molecular complexity index is 853. The number of hydrogen-bond acceptors (Lipinski definition) is 4. The van der Waals surface area contributed by atoms with Crippen LogP contribution in [0, 0.1) is 24.6 Å². The zero-order chi connectivity index (χ0) is 19.8. The molecule has 2 heterocycles. The summed E-state index contributed by atoms with van der Waals surface area (Å²) in [6.45, 7) is 9.37. The molecule has 0 bridgehead atoms. The number of primary amides is 1.